The molecule has 0 aliphatic carbocycles. The molecule has 7 heteroatoms. The van der Waals surface area contributed by atoms with Gasteiger partial charge in [0.2, 0.25) is 5.91 Å². The van der Waals surface area contributed by atoms with Crippen molar-refractivity contribution in [1.82, 2.24) is 15.5 Å². The van der Waals surface area contributed by atoms with Crippen LogP contribution in [0.15, 0.2) is 29.3 Å². The molecule has 0 aliphatic rings. The second-order valence-electron chi connectivity index (χ2n) is 6.14. The van der Waals surface area contributed by atoms with Crippen LogP contribution in [0.25, 0.3) is 0 Å². The van der Waals surface area contributed by atoms with Crippen LogP contribution in [0.4, 0.5) is 0 Å². The molecule has 0 aliphatic heterocycles. The summed E-state index contributed by atoms with van der Waals surface area (Å²) < 4.78 is 5.47. The number of carbonyl (C=O) groups is 1. The number of benzene rings is 1. The fraction of sp³-hybridized carbons (Fsp3) is 0.579. The lowest BCUT2D eigenvalue weighted by Crippen LogP contribution is -2.38. The van der Waals surface area contributed by atoms with Crippen molar-refractivity contribution in [3.05, 3.63) is 29.8 Å². The Labute approximate surface area is 174 Å². The molecule has 0 spiro atoms. The molecule has 1 amide bonds. The molecular formula is C19H33IN4O2. The number of nitrogens with one attached hydrogen (secondary N) is 2. The molecule has 0 atom stereocenters. The first kappa shape index (κ1) is 24.5. The zero-order valence-electron chi connectivity index (χ0n) is 16.5. The fourth-order valence-electron chi connectivity index (χ4n) is 2.33. The third-order valence-electron chi connectivity index (χ3n) is 3.40. The standard InChI is InChI=1S/C19H32N4O2.HI/c1-6-20-19(21-13-12-18(24)22-15(3)4)23(5)14-16-8-10-17(11-9-16)25-7-2;/h8-11,15H,6-7,12-14H2,1-5H3,(H,20,21)(H,22,24);1H. The van der Waals surface area contributed by atoms with Crippen LogP contribution in [-0.4, -0.2) is 49.6 Å². The highest BCUT2D eigenvalue weighted by Crippen LogP contribution is 2.13. The van der Waals surface area contributed by atoms with E-state index in [0.29, 0.717) is 19.6 Å². The summed E-state index contributed by atoms with van der Waals surface area (Å²) in [7, 11) is 1.99. The van der Waals surface area contributed by atoms with Gasteiger partial charge in [-0.2, -0.15) is 0 Å². The Balaban J connectivity index is 0.00000625. The fourth-order valence-corrected chi connectivity index (χ4v) is 2.33. The SMILES string of the molecule is CCNC(=NCCC(=O)NC(C)C)N(C)Cc1ccc(OCC)cc1.I. The van der Waals surface area contributed by atoms with Crippen LogP contribution in [0.5, 0.6) is 5.75 Å². The lowest BCUT2D eigenvalue weighted by atomic mass is 10.2. The van der Waals surface area contributed by atoms with E-state index in [9.17, 15) is 4.79 Å². The van der Waals surface area contributed by atoms with Gasteiger partial charge in [-0.1, -0.05) is 12.1 Å². The predicted octanol–water partition coefficient (Wildman–Crippen LogP) is 3.02. The van der Waals surface area contributed by atoms with Crippen LogP contribution >= 0.6 is 24.0 Å². The molecule has 1 aromatic carbocycles. The van der Waals surface area contributed by atoms with E-state index in [1.165, 1.54) is 5.56 Å². The van der Waals surface area contributed by atoms with Crippen LogP contribution in [-0.2, 0) is 11.3 Å². The van der Waals surface area contributed by atoms with Crippen molar-refractivity contribution in [1.29, 1.82) is 0 Å². The van der Waals surface area contributed by atoms with E-state index in [1.807, 2.05) is 46.9 Å². The van der Waals surface area contributed by atoms with E-state index < -0.39 is 0 Å². The average Bonchev–Trinajstić information content (AvgIpc) is 2.55. The number of carbonyl (C=O) groups excluding carboxylic acids is 1. The number of nitrogens with zero attached hydrogens (tertiary/aromatic N) is 2. The minimum Gasteiger partial charge on any atom is -0.494 e. The third-order valence-corrected chi connectivity index (χ3v) is 3.40. The zero-order valence-corrected chi connectivity index (χ0v) is 18.9. The van der Waals surface area contributed by atoms with Gasteiger partial charge in [0.25, 0.3) is 0 Å². The zero-order chi connectivity index (χ0) is 18.7. The minimum absolute atomic E-state index is 0. The molecule has 1 rings (SSSR count). The number of aliphatic imine (C=N–C) groups is 1. The number of rotatable bonds is 9. The summed E-state index contributed by atoms with van der Waals surface area (Å²) in [6.45, 7) is 10.6. The molecule has 0 fully saturated rings. The van der Waals surface area contributed by atoms with Gasteiger partial charge in [-0.15, -0.1) is 24.0 Å². The lowest BCUT2D eigenvalue weighted by molar-refractivity contribution is -0.121. The quantitative estimate of drug-likeness (QED) is 0.327. The molecule has 1 aromatic rings. The molecule has 0 aromatic heterocycles. The van der Waals surface area contributed by atoms with Crippen LogP contribution in [0.2, 0.25) is 0 Å². The maximum atomic E-state index is 11.7. The van der Waals surface area contributed by atoms with Crippen molar-refractivity contribution in [3.8, 4) is 5.75 Å². The molecule has 0 saturated carbocycles. The van der Waals surface area contributed by atoms with Crippen molar-refractivity contribution in [2.24, 2.45) is 4.99 Å². The molecule has 0 bridgehead atoms. The smallest absolute Gasteiger partial charge is 0.222 e. The Morgan fingerprint density at radius 1 is 1.23 bits per heavy atom. The van der Waals surface area contributed by atoms with Gasteiger partial charge < -0.3 is 20.3 Å². The average molecular weight is 476 g/mol. The van der Waals surface area contributed by atoms with Gasteiger partial charge in [-0.3, -0.25) is 9.79 Å². The van der Waals surface area contributed by atoms with Crippen LogP contribution in [0.3, 0.4) is 0 Å². The monoisotopic (exact) mass is 476 g/mol. The highest BCUT2D eigenvalue weighted by molar-refractivity contribution is 14.0. The van der Waals surface area contributed by atoms with Gasteiger partial charge in [0.15, 0.2) is 5.96 Å². The van der Waals surface area contributed by atoms with Crippen molar-refractivity contribution < 1.29 is 9.53 Å². The van der Waals surface area contributed by atoms with Gasteiger partial charge >= 0.3 is 0 Å². The Hall–Kier alpha value is -1.51. The van der Waals surface area contributed by atoms with Gasteiger partial charge in [0.05, 0.1) is 13.2 Å². The van der Waals surface area contributed by atoms with Crippen LogP contribution in [0.1, 0.15) is 39.7 Å². The van der Waals surface area contributed by atoms with E-state index in [1.54, 1.807) is 0 Å². The van der Waals surface area contributed by atoms with Gasteiger partial charge in [0.1, 0.15) is 5.75 Å². The summed E-state index contributed by atoms with van der Waals surface area (Å²) in [5.74, 6) is 1.71. The Kier molecular flexibility index (Phi) is 12.9. The molecule has 26 heavy (non-hydrogen) atoms. The summed E-state index contributed by atoms with van der Waals surface area (Å²) in [5.41, 5.74) is 1.18. The van der Waals surface area contributed by atoms with Gasteiger partial charge in [0, 0.05) is 32.6 Å². The topological polar surface area (TPSA) is 66.0 Å². The second kappa shape index (κ2) is 13.7. The highest BCUT2D eigenvalue weighted by Gasteiger charge is 2.08. The lowest BCUT2D eigenvalue weighted by Gasteiger charge is -2.22. The summed E-state index contributed by atoms with van der Waals surface area (Å²) in [5, 5.41) is 6.15. The molecule has 0 unspecified atom stereocenters. The largest absolute Gasteiger partial charge is 0.494 e. The van der Waals surface area contributed by atoms with Crippen LogP contribution in [0, 0.1) is 0 Å². The molecule has 6 nitrogen and oxygen atoms in total. The highest BCUT2D eigenvalue weighted by atomic mass is 127. The number of halogens is 1. The Morgan fingerprint density at radius 3 is 2.42 bits per heavy atom. The number of hydrogen-bond acceptors (Lipinski definition) is 3. The first-order valence-electron chi connectivity index (χ1n) is 8.96. The Morgan fingerprint density at radius 2 is 1.88 bits per heavy atom. The van der Waals surface area contributed by atoms with Crippen molar-refractivity contribution in [2.75, 3.05) is 26.7 Å². The maximum Gasteiger partial charge on any atom is 0.222 e. The number of ether oxygens (including phenoxy) is 1. The summed E-state index contributed by atoms with van der Waals surface area (Å²) in [4.78, 5) is 18.3. The maximum absolute atomic E-state index is 11.7. The first-order valence-corrected chi connectivity index (χ1v) is 8.96. The van der Waals surface area contributed by atoms with E-state index in [4.69, 9.17) is 4.74 Å². The van der Waals surface area contributed by atoms with Gasteiger partial charge in [-0.05, 0) is 45.4 Å². The molecule has 148 valence electrons. The normalized spacial score (nSPS) is 10.9. The number of hydrogen-bond donors (Lipinski definition) is 2. The molecule has 0 heterocycles. The molecule has 0 saturated heterocycles. The van der Waals surface area contributed by atoms with Gasteiger partial charge in [-0.25, -0.2) is 0 Å². The van der Waals surface area contributed by atoms with E-state index in [2.05, 4.69) is 32.7 Å². The van der Waals surface area contributed by atoms with Crippen molar-refractivity contribution >= 4 is 35.8 Å². The number of guanidine groups is 1. The Bertz CT molecular complexity index is 547. The first-order chi connectivity index (χ1) is 12.0. The second-order valence-corrected chi connectivity index (χ2v) is 6.14. The van der Waals surface area contributed by atoms with Crippen molar-refractivity contribution in [3.63, 3.8) is 0 Å². The minimum atomic E-state index is 0. The summed E-state index contributed by atoms with van der Waals surface area (Å²) in [6.07, 6.45) is 0.393. The van der Waals surface area contributed by atoms with E-state index >= 15 is 0 Å². The third kappa shape index (κ3) is 9.84. The van der Waals surface area contributed by atoms with E-state index in [0.717, 1.165) is 24.8 Å². The van der Waals surface area contributed by atoms with E-state index in [-0.39, 0.29) is 35.9 Å². The number of amides is 1. The molecular weight excluding hydrogens is 443 g/mol. The predicted molar refractivity (Wildman–Crippen MR) is 118 cm³/mol. The van der Waals surface area contributed by atoms with Crippen molar-refractivity contribution in [2.45, 2.75) is 46.7 Å². The summed E-state index contributed by atoms with van der Waals surface area (Å²) >= 11 is 0. The molecule has 0 radical (unpaired) electrons. The molecule has 2 N–H and O–H groups in total. The summed E-state index contributed by atoms with van der Waals surface area (Å²) in [6, 6.07) is 8.23. The van der Waals surface area contributed by atoms with Crippen LogP contribution < -0.4 is 15.4 Å².